The van der Waals surface area contributed by atoms with E-state index in [1.807, 2.05) is 11.4 Å². The number of thiophene rings is 1. The number of thioether (sulfide) groups is 1. The average Bonchev–Trinajstić information content (AvgIpc) is 3.29. The first-order valence-electron chi connectivity index (χ1n) is 8.03. The number of ether oxygens (including phenoxy) is 1. The van der Waals surface area contributed by atoms with Crippen molar-refractivity contribution >= 4 is 56.7 Å². The van der Waals surface area contributed by atoms with Gasteiger partial charge in [0, 0.05) is 16.6 Å². The summed E-state index contributed by atoms with van der Waals surface area (Å²) in [5, 5.41) is 6.23. The summed E-state index contributed by atoms with van der Waals surface area (Å²) in [6.45, 7) is -0.336. The molecule has 0 fully saturated rings. The van der Waals surface area contributed by atoms with Crippen LogP contribution in [-0.2, 0) is 20.7 Å². The SMILES string of the molecule is O=C1Cc2cc(C(=O)COC(=O)CSc3ncnc4sccc34)ccc2N1. The zero-order valence-corrected chi connectivity index (χ0v) is 15.6. The van der Waals surface area contributed by atoms with Gasteiger partial charge in [0.25, 0.3) is 0 Å². The maximum absolute atomic E-state index is 12.2. The first-order chi connectivity index (χ1) is 13.1. The van der Waals surface area contributed by atoms with Gasteiger partial charge in [0.1, 0.15) is 16.2 Å². The van der Waals surface area contributed by atoms with Gasteiger partial charge in [0.05, 0.1) is 12.2 Å². The second kappa shape index (κ2) is 7.45. The summed E-state index contributed by atoms with van der Waals surface area (Å²) in [6.07, 6.45) is 1.71. The number of carbonyl (C=O) groups excluding carboxylic acids is 3. The Balaban J connectivity index is 1.31. The third kappa shape index (κ3) is 3.83. The number of nitrogens with one attached hydrogen (secondary N) is 1. The molecule has 0 saturated carbocycles. The monoisotopic (exact) mass is 399 g/mol. The summed E-state index contributed by atoms with van der Waals surface area (Å²) in [6, 6.07) is 6.87. The van der Waals surface area contributed by atoms with Crippen molar-refractivity contribution in [1.82, 2.24) is 9.97 Å². The third-order valence-corrected chi connectivity index (χ3v) is 5.77. The molecular formula is C18H13N3O4S2. The Labute approximate surface area is 162 Å². The van der Waals surface area contributed by atoms with Gasteiger partial charge in [-0.1, -0.05) is 11.8 Å². The molecule has 1 N–H and O–H groups in total. The van der Waals surface area contributed by atoms with E-state index in [4.69, 9.17) is 4.74 Å². The number of esters is 1. The number of nitrogens with zero attached hydrogens (tertiary/aromatic N) is 2. The molecule has 1 amide bonds. The molecule has 0 atom stereocenters. The Morgan fingerprint density at radius 3 is 3.04 bits per heavy atom. The molecule has 3 aromatic rings. The number of anilines is 1. The lowest BCUT2D eigenvalue weighted by atomic mass is 10.1. The number of aromatic nitrogens is 2. The second-order valence-corrected chi connectivity index (χ2v) is 7.65. The number of Topliss-reactive ketones (excluding diaryl/α,β-unsaturated/α-hetero) is 1. The van der Waals surface area contributed by atoms with Crippen LogP contribution in [0, 0.1) is 0 Å². The number of rotatable bonds is 6. The van der Waals surface area contributed by atoms with Crippen molar-refractivity contribution in [2.45, 2.75) is 11.4 Å². The summed E-state index contributed by atoms with van der Waals surface area (Å²) in [4.78, 5) is 44.8. The molecule has 27 heavy (non-hydrogen) atoms. The van der Waals surface area contributed by atoms with Gasteiger partial charge in [-0.15, -0.1) is 11.3 Å². The molecule has 0 saturated heterocycles. The van der Waals surface area contributed by atoms with E-state index in [2.05, 4.69) is 15.3 Å². The molecule has 2 aromatic heterocycles. The number of carbonyl (C=O) groups is 3. The lowest BCUT2D eigenvalue weighted by molar-refractivity contribution is -0.139. The minimum Gasteiger partial charge on any atom is -0.457 e. The van der Waals surface area contributed by atoms with Crippen LogP contribution in [-0.4, -0.2) is 40.0 Å². The Morgan fingerprint density at radius 2 is 2.15 bits per heavy atom. The lowest BCUT2D eigenvalue weighted by Crippen LogP contribution is -2.15. The number of hydrogen-bond acceptors (Lipinski definition) is 8. The van der Waals surface area contributed by atoms with Crippen molar-refractivity contribution in [3.05, 3.63) is 47.1 Å². The summed E-state index contributed by atoms with van der Waals surface area (Å²) in [7, 11) is 0. The number of hydrogen-bond donors (Lipinski definition) is 1. The van der Waals surface area contributed by atoms with Crippen molar-refractivity contribution in [3.63, 3.8) is 0 Å². The highest BCUT2D eigenvalue weighted by Crippen LogP contribution is 2.27. The van der Waals surface area contributed by atoms with Gasteiger partial charge >= 0.3 is 5.97 Å². The van der Waals surface area contributed by atoms with Crippen LogP contribution < -0.4 is 5.32 Å². The summed E-state index contributed by atoms with van der Waals surface area (Å²) in [5.41, 5.74) is 1.91. The molecule has 4 rings (SSSR count). The lowest BCUT2D eigenvalue weighted by Gasteiger charge is -2.06. The van der Waals surface area contributed by atoms with Crippen LogP contribution in [0.15, 0.2) is 41.0 Å². The molecule has 1 aromatic carbocycles. The number of benzene rings is 1. The minimum atomic E-state index is -0.492. The van der Waals surface area contributed by atoms with E-state index in [-0.39, 0.29) is 30.5 Å². The molecular weight excluding hydrogens is 386 g/mol. The van der Waals surface area contributed by atoms with E-state index < -0.39 is 5.97 Å². The van der Waals surface area contributed by atoms with Gasteiger partial charge in [-0.25, -0.2) is 9.97 Å². The standard InChI is InChI=1S/C18H13N3O4S2/c22-14(10-1-2-13-11(5-10)6-15(23)21-13)7-25-16(24)8-27-18-12-3-4-26-17(12)19-9-20-18/h1-5,9H,6-8H2,(H,21,23). The molecule has 136 valence electrons. The number of ketones is 1. The van der Waals surface area contributed by atoms with Crippen molar-refractivity contribution < 1.29 is 19.1 Å². The molecule has 1 aliphatic rings. The largest absolute Gasteiger partial charge is 0.457 e. The van der Waals surface area contributed by atoms with Gasteiger partial charge in [0.2, 0.25) is 5.91 Å². The molecule has 7 nitrogen and oxygen atoms in total. The maximum Gasteiger partial charge on any atom is 0.316 e. The predicted octanol–water partition coefficient (Wildman–Crippen LogP) is 2.70. The van der Waals surface area contributed by atoms with Gasteiger partial charge in [0.15, 0.2) is 12.4 Å². The Bertz CT molecular complexity index is 1060. The van der Waals surface area contributed by atoms with E-state index in [1.54, 1.807) is 18.2 Å². The van der Waals surface area contributed by atoms with Gasteiger partial charge < -0.3 is 10.1 Å². The second-order valence-electron chi connectivity index (χ2n) is 5.79. The van der Waals surface area contributed by atoms with Crippen LogP contribution in [0.2, 0.25) is 0 Å². The first kappa shape index (κ1) is 17.6. The highest BCUT2D eigenvalue weighted by atomic mass is 32.2. The van der Waals surface area contributed by atoms with E-state index in [9.17, 15) is 14.4 Å². The molecule has 0 aliphatic carbocycles. The van der Waals surface area contributed by atoms with Crippen molar-refractivity contribution in [2.75, 3.05) is 17.7 Å². The zero-order chi connectivity index (χ0) is 18.8. The van der Waals surface area contributed by atoms with E-state index in [0.717, 1.165) is 21.5 Å². The fourth-order valence-corrected chi connectivity index (χ4v) is 4.26. The fraction of sp³-hybridized carbons (Fsp3) is 0.167. The Morgan fingerprint density at radius 1 is 1.26 bits per heavy atom. The molecule has 3 heterocycles. The van der Waals surface area contributed by atoms with Crippen LogP contribution in [0.3, 0.4) is 0 Å². The highest BCUT2D eigenvalue weighted by molar-refractivity contribution is 8.00. The Hall–Kier alpha value is -2.78. The first-order valence-corrected chi connectivity index (χ1v) is 9.89. The van der Waals surface area contributed by atoms with Crippen molar-refractivity contribution in [3.8, 4) is 0 Å². The van der Waals surface area contributed by atoms with Crippen LogP contribution in [0.25, 0.3) is 10.2 Å². The number of fused-ring (bicyclic) bond motifs is 2. The summed E-state index contributed by atoms with van der Waals surface area (Å²) in [5.74, 6) is -0.841. The van der Waals surface area contributed by atoms with Gasteiger partial charge in [-0.05, 0) is 35.2 Å². The predicted molar refractivity (Wildman–Crippen MR) is 102 cm³/mol. The summed E-state index contributed by atoms with van der Waals surface area (Å²) >= 11 is 2.76. The van der Waals surface area contributed by atoms with Crippen LogP contribution >= 0.6 is 23.1 Å². The van der Waals surface area contributed by atoms with E-state index in [1.165, 1.54) is 29.4 Å². The average molecular weight is 399 g/mol. The van der Waals surface area contributed by atoms with Crippen molar-refractivity contribution in [1.29, 1.82) is 0 Å². The van der Waals surface area contributed by atoms with Gasteiger partial charge in [-0.3, -0.25) is 14.4 Å². The van der Waals surface area contributed by atoms with E-state index in [0.29, 0.717) is 10.6 Å². The van der Waals surface area contributed by atoms with Crippen LogP contribution in [0.1, 0.15) is 15.9 Å². The smallest absolute Gasteiger partial charge is 0.316 e. The Kier molecular flexibility index (Phi) is 4.87. The van der Waals surface area contributed by atoms with Crippen molar-refractivity contribution in [2.24, 2.45) is 0 Å². The van der Waals surface area contributed by atoms with Gasteiger partial charge in [-0.2, -0.15) is 0 Å². The topological polar surface area (TPSA) is 98.3 Å². The van der Waals surface area contributed by atoms with Crippen LogP contribution in [0.4, 0.5) is 5.69 Å². The summed E-state index contributed by atoms with van der Waals surface area (Å²) < 4.78 is 5.08. The molecule has 0 bridgehead atoms. The highest BCUT2D eigenvalue weighted by Gasteiger charge is 2.19. The van der Waals surface area contributed by atoms with Crippen LogP contribution in [0.5, 0.6) is 0 Å². The molecule has 0 unspecified atom stereocenters. The minimum absolute atomic E-state index is 0.0534. The zero-order valence-electron chi connectivity index (χ0n) is 13.9. The fourth-order valence-electron chi connectivity index (χ4n) is 2.68. The normalized spacial score (nSPS) is 12.7. The van der Waals surface area contributed by atoms with E-state index >= 15 is 0 Å². The third-order valence-electron chi connectivity index (χ3n) is 3.97. The molecule has 9 heteroatoms. The maximum atomic E-state index is 12.2. The number of amides is 1. The molecule has 0 radical (unpaired) electrons. The molecule has 1 aliphatic heterocycles. The quantitative estimate of drug-likeness (QED) is 0.294. The molecule has 0 spiro atoms.